The molecule has 0 saturated carbocycles. The largest absolute Gasteiger partial charge is 0.480 e. The Hall–Kier alpha value is -2.38. The molecule has 0 amide bonds. The van der Waals surface area contributed by atoms with Crippen molar-refractivity contribution in [3.05, 3.63) is 18.6 Å². The van der Waals surface area contributed by atoms with Gasteiger partial charge in [-0.15, -0.1) is 10.2 Å². The molecule has 0 unspecified atom stereocenters. The average Bonchev–Trinajstić information content (AvgIpc) is 2.67. The highest BCUT2D eigenvalue weighted by Gasteiger charge is 2.08. The number of carboxylic acid groups (broad SMARTS) is 1. The number of aromatic nitrogens is 6. The molecule has 0 saturated heterocycles. The second kappa shape index (κ2) is 3.78. The summed E-state index contributed by atoms with van der Waals surface area (Å²) < 4.78 is 0. The first kappa shape index (κ1) is 9.19. The summed E-state index contributed by atoms with van der Waals surface area (Å²) in [6, 6.07) is 0. The Morgan fingerprint density at radius 1 is 1.47 bits per heavy atom. The molecule has 76 valence electrons. The highest BCUT2D eigenvalue weighted by atomic mass is 16.4. The van der Waals surface area contributed by atoms with Crippen LogP contribution < -0.4 is 0 Å². The number of hydrogen-bond acceptors (Lipinski definition) is 6. The number of aliphatic carboxylic acids is 1. The third-order valence-corrected chi connectivity index (χ3v) is 1.52. The number of carbonyl (C=O) groups is 1. The summed E-state index contributed by atoms with van der Waals surface area (Å²) in [4.78, 5) is 19.1. The molecule has 0 spiro atoms. The quantitative estimate of drug-likeness (QED) is 0.701. The van der Waals surface area contributed by atoms with Crippen LogP contribution in [0.5, 0.6) is 0 Å². The molecule has 8 heteroatoms. The van der Waals surface area contributed by atoms with Gasteiger partial charge in [0.2, 0.25) is 5.82 Å². The van der Waals surface area contributed by atoms with E-state index >= 15 is 0 Å². The molecule has 2 heterocycles. The van der Waals surface area contributed by atoms with E-state index in [1.54, 1.807) is 0 Å². The number of tetrazole rings is 1. The molecule has 15 heavy (non-hydrogen) atoms. The molecule has 2 aromatic heterocycles. The van der Waals surface area contributed by atoms with E-state index < -0.39 is 5.97 Å². The van der Waals surface area contributed by atoms with Gasteiger partial charge in [0, 0.05) is 12.4 Å². The third-order valence-electron chi connectivity index (χ3n) is 1.52. The minimum absolute atomic E-state index is 0.254. The van der Waals surface area contributed by atoms with Crippen molar-refractivity contribution in [2.24, 2.45) is 0 Å². The second-order valence-corrected chi connectivity index (χ2v) is 2.63. The van der Waals surface area contributed by atoms with Gasteiger partial charge in [0.1, 0.15) is 5.69 Å². The molecule has 0 radical (unpaired) electrons. The zero-order valence-electron chi connectivity index (χ0n) is 7.48. The van der Waals surface area contributed by atoms with Crippen molar-refractivity contribution in [1.82, 2.24) is 30.2 Å². The molecule has 0 bridgehead atoms. The Morgan fingerprint density at radius 2 is 2.33 bits per heavy atom. The predicted molar refractivity (Wildman–Crippen MR) is 46.5 cm³/mol. The van der Waals surface area contributed by atoms with Gasteiger partial charge >= 0.3 is 5.97 Å². The van der Waals surface area contributed by atoms with E-state index in [2.05, 4.69) is 25.4 Å². The lowest BCUT2D eigenvalue weighted by Gasteiger charge is -1.91. The molecular weight excluding hydrogens is 200 g/mol. The smallest absolute Gasteiger partial charge is 0.327 e. The summed E-state index contributed by atoms with van der Waals surface area (Å²) >= 11 is 0. The Balaban J connectivity index is 2.24. The summed E-state index contributed by atoms with van der Waals surface area (Å²) in [5.41, 5.74) is 0.453. The first-order valence-corrected chi connectivity index (χ1v) is 4.01. The van der Waals surface area contributed by atoms with Crippen LogP contribution in [0.4, 0.5) is 0 Å². The maximum absolute atomic E-state index is 10.4. The van der Waals surface area contributed by atoms with Gasteiger partial charge < -0.3 is 5.11 Å². The van der Waals surface area contributed by atoms with Crippen molar-refractivity contribution in [2.45, 2.75) is 6.54 Å². The molecule has 0 aliphatic heterocycles. The van der Waals surface area contributed by atoms with Crippen LogP contribution in [-0.2, 0) is 11.3 Å². The fraction of sp³-hybridized carbons (Fsp3) is 0.143. The van der Waals surface area contributed by atoms with Crippen LogP contribution in [0.2, 0.25) is 0 Å². The van der Waals surface area contributed by atoms with E-state index in [0.29, 0.717) is 5.69 Å². The van der Waals surface area contributed by atoms with E-state index in [9.17, 15) is 4.79 Å². The van der Waals surface area contributed by atoms with Crippen LogP contribution in [0, 0.1) is 0 Å². The van der Waals surface area contributed by atoms with Crippen molar-refractivity contribution in [2.75, 3.05) is 0 Å². The maximum Gasteiger partial charge on any atom is 0.327 e. The van der Waals surface area contributed by atoms with Gasteiger partial charge in [-0.05, 0) is 5.21 Å². The molecule has 0 atom stereocenters. The lowest BCUT2D eigenvalue weighted by molar-refractivity contribution is -0.138. The second-order valence-electron chi connectivity index (χ2n) is 2.63. The monoisotopic (exact) mass is 206 g/mol. The van der Waals surface area contributed by atoms with E-state index in [1.807, 2.05) is 0 Å². The normalized spacial score (nSPS) is 10.1. The van der Waals surface area contributed by atoms with Gasteiger partial charge in [-0.2, -0.15) is 4.80 Å². The fourth-order valence-corrected chi connectivity index (χ4v) is 0.948. The fourth-order valence-electron chi connectivity index (χ4n) is 0.948. The van der Waals surface area contributed by atoms with Gasteiger partial charge in [-0.3, -0.25) is 9.78 Å². The lowest BCUT2D eigenvalue weighted by Crippen LogP contribution is -2.11. The minimum Gasteiger partial charge on any atom is -0.480 e. The topological polar surface area (TPSA) is 107 Å². The van der Waals surface area contributed by atoms with E-state index in [1.165, 1.54) is 18.6 Å². The van der Waals surface area contributed by atoms with Crippen LogP contribution in [0.25, 0.3) is 11.5 Å². The Kier molecular flexibility index (Phi) is 2.31. The zero-order chi connectivity index (χ0) is 10.7. The summed E-state index contributed by atoms with van der Waals surface area (Å²) in [5, 5.41) is 19.5. The van der Waals surface area contributed by atoms with Crippen molar-refractivity contribution in [3.8, 4) is 11.5 Å². The van der Waals surface area contributed by atoms with Crippen LogP contribution in [0.15, 0.2) is 18.6 Å². The zero-order valence-corrected chi connectivity index (χ0v) is 7.48. The summed E-state index contributed by atoms with van der Waals surface area (Å²) in [5.74, 6) is -0.776. The van der Waals surface area contributed by atoms with Crippen LogP contribution >= 0.6 is 0 Å². The molecule has 0 aliphatic carbocycles. The lowest BCUT2D eigenvalue weighted by atomic mass is 10.4. The van der Waals surface area contributed by atoms with Crippen LogP contribution in [0.1, 0.15) is 0 Å². The minimum atomic E-state index is -1.03. The standard InChI is InChI=1S/C7H6N6O2/c14-6(15)4-13-11-7(10-12-13)5-3-8-1-2-9-5/h1-3H,4H2,(H,14,15). The predicted octanol–water partition coefficient (Wildman–Crippen LogP) is -0.785. The molecule has 0 fully saturated rings. The highest BCUT2D eigenvalue weighted by Crippen LogP contribution is 2.06. The third kappa shape index (κ3) is 2.10. The van der Waals surface area contributed by atoms with E-state index in [0.717, 1.165) is 4.80 Å². The van der Waals surface area contributed by atoms with E-state index in [4.69, 9.17) is 5.11 Å². The summed E-state index contributed by atoms with van der Waals surface area (Å²) in [7, 11) is 0. The molecule has 0 aromatic carbocycles. The van der Waals surface area contributed by atoms with E-state index in [-0.39, 0.29) is 12.4 Å². The molecule has 0 aliphatic rings. The van der Waals surface area contributed by atoms with Crippen molar-refractivity contribution < 1.29 is 9.90 Å². The Bertz CT molecular complexity index is 467. The highest BCUT2D eigenvalue weighted by molar-refractivity contribution is 5.66. The maximum atomic E-state index is 10.4. The number of hydrogen-bond donors (Lipinski definition) is 1. The van der Waals surface area contributed by atoms with Gasteiger partial charge in [-0.1, -0.05) is 0 Å². The van der Waals surface area contributed by atoms with Crippen molar-refractivity contribution >= 4 is 5.97 Å². The average molecular weight is 206 g/mol. The van der Waals surface area contributed by atoms with Gasteiger partial charge in [0.05, 0.1) is 6.20 Å². The first-order chi connectivity index (χ1) is 7.25. The first-order valence-electron chi connectivity index (χ1n) is 4.01. The molecule has 2 aromatic rings. The number of rotatable bonds is 3. The molecule has 8 nitrogen and oxygen atoms in total. The Labute approximate surface area is 83.6 Å². The van der Waals surface area contributed by atoms with Gasteiger partial charge in [0.15, 0.2) is 6.54 Å². The number of carboxylic acids is 1. The summed E-state index contributed by atoms with van der Waals surface area (Å²) in [6.07, 6.45) is 4.49. The van der Waals surface area contributed by atoms with Crippen LogP contribution in [-0.4, -0.2) is 41.3 Å². The molecule has 1 N–H and O–H groups in total. The van der Waals surface area contributed by atoms with Crippen LogP contribution in [0.3, 0.4) is 0 Å². The SMILES string of the molecule is O=C(O)Cn1nnc(-c2cnccn2)n1. The van der Waals surface area contributed by atoms with Crippen molar-refractivity contribution in [1.29, 1.82) is 0 Å². The molecular formula is C7H6N6O2. The Morgan fingerprint density at radius 3 is 3.00 bits per heavy atom. The number of nitrogens with zero attached hydrogens (tertiary/aromatic N) is 6. The van der Waals surface area contributed by atoms with Gasteiger partial charge in [0.25, 0.3) is 0 Å². The summed E-state index contributed by atoms with van der Waals surface area (Å²) in [6.45, 7) is -0.326. The van der Waals surface area contributed by atoms with Crippen molar-refractivity contribution in [3.63, 3.8) is 0 Å². The van der Waals surface area contributed by atoms with Gasteiger partial charge in [-0.25, -0.2) is 4.98 Å². The molecule has 2 rings (SSSR count).